The van der Waals surface area contributed by atoms with E-state index in [1.165, 1.54) is 12.8 Å². The van der Waals surface area contributed by atoms with Gasteiger partial charge in [-0.2, -0.15) is 0 Å². The van der Waals surface area contributed by atoms with Gasteiger partial charge < -0.3 is 15.5 Å². The predicted molar refractivity (Wildman–Crippen MR) is 102 cm³/mol. The van der Waals surface area contributed by atoms with E-state index in [1.807, 2.05) is 0 Å². The average Bonchev–Trinajstić information content (AvgIpc) is 2.39. The Hall–Kier alpha value is -0.160. The summed E-state index contributed by atoms with van der Waals surface area (Å²) in [6.45, 7) is 21.8. The summed E-state index contributed by atoms with van der Waals surface area (Å²) in [5.41, 5.74) is 0.415. The van der Waals surface area contributed by atoms with Crippen molar-refractivity contribution >= 4 is 0 Å². The summed E-state index contributed by atoms with van der Waals surface area (Å²) in [5.74, 6) is 0. The van der Waals surface area contributed by atoms with Crippen molar-refractivity contribution in [3.8, 4) is 0 Å². The summed E-state index contributed by atoms with van der Waals surface area (Å²) >= 11 is 0. The first-order chi connectivity index (χ1) is 10.6. The lowest BCUT2D eigenvalue weighted by Gasteiger charge is -2.40. The Kier molecular flexibility index (Phi) is 7.99. The van der Waals surface area contributed by atoms with Crippen LogP contribution in [-0.2, 0) is 0 Å². The number of nitrogens with one attached hydrogen (secondary N) is 2. The molecule has 0 aromatic rings. The number of hydrogen-bond acceptors (Lipinski definition) is 4. The quantitative estimate of drug-likeness (QED) is 0.813. The molecule has 1 heterocycles. The minimum Gasteiger partial charge on any atom is -0.312 e. The summed E-state index contributed by atoms with van der Waals surface area (Å²) in [6.07, 6.45) is 2.38. The molecule has 138 valence electrons. The van der Waals surface area contributed by atoms with Crippen LogP contribution >= 0.6 is 0 Å². The van der Waals surface area contributed by atoms with Crippen LogP contribution < -0.4 is 10.6 Å². The van der Waals surface area contributed by atoms with Crippen LogP contribution in [0.5, 0.6) is 0 Å². The molecule has 0 bridgehead atoms. The number of rotatable bonds is 5. The summed E-state index contributed by atoms with van der Waals surface area (Å²) < 4.78 is 0. The zero-order chi connectivity index (χ0) is 17.7. The fourth-order valence-corrected chi connectivity index (χ4v) is 3.98. The molecule has 0 radical (unpaired) electrons. The van der Waals surface area contributed by atoms with E-state index in [-0.39, 0.29) is 11.1 Å². The van der Waals surface area contributed by atoms with Crippen LogP contribution in [0.4, 0.5) is 0 Å². The molecule has 1 rings (SSSR count). The summed E-state index contributed by atoms with van der Waals surface area (Å²) in [4.78, 5) is 5.18. The van der Waals surface area contributed by atoms with E-state index in [0.717, 1.165) is 32.7 Å². The second-order valence-corrected chi connectivity index (χ2v) is 8.85. The van der Waals surface area contributed by atoms with Crippen molar-refractivity contribution in [2.45, 2.75) is 84.5 Å². The third kappa shape index (κ3) is 7.51. The van der Waals surface area contributed by atoms with E-state index in [2.05, 4.69) is 75.9 Å². The number of hydrogen-bond donors (Lipinski definition) is 2. The van der Waals surface area contributed by atoms with Gasteiger partial charge in [-0.25, -0.2) is 0 Å². The SMILES string of the molecule is CCNC(C)(C)CC(C)N1CCNC(C)(C)CC(C)N(C)CC1. The number of nitrogens with zero attached hydrogens (tertiary/aromatic N) is 2. The molecule has 1 fully saturated rings. The van der Waals surface area contributed by atoms with Gasteiger partial charge in [0, 0.05) is 49.3 Å². The molecule has 0 spiro atoms. The van der Waals surface area contributed by atoms with Crippen molar-refractivity contribution < 1.29 is 0 Å². The molecule has 1 saturated heterocycles. The first-order valence-corrected chi connectivity index (χ1v) is 9.50. The molecule has 1 aliphatic heterocycles. The average molecular weight is 327 g/mol. The maximum absolute atomic E-state index is 3.77. The van der Waals surface area contributed by atoms with E-state index >= 15 is 0 Å². The van der Waals surface area contributed by atoms with Crippen molar-refractivity contribution in [1.82, 2.24) is 20.4 Å². The fourth-order valence-electron chi connectivity index (χ4n) is 3.98. The maximum Gasteiger partial charge on any atom is 0.0140 e. The molecule has 2 atom stereocenters. The van der Waals surface area contributed by atoms with Gasteiger partial charge in [-0.05, 0) is 68.0 Å². The first kappa shape index (κ1) is 20.9. The molecule has 0 aromatic carbocycles. The van der Waals surface area contributed by atoms with E-state index in [4.69, 9.17) is 0 Å². The highest BCUT2D eigenvalue weighted by Gasteiger charge is 2.27. The van der Waals surface area contributed by atoms with E-state index in [0.29, 0.717) is 12.1 Å². The van der Waals surface area contributed by atoms with Crippen molar-refractivity contribution in [1.29, 1.82) is 0 Å². The zero-order valence-corrected chi connectivity index (χ0v) is 17.0. The highest BCUT2D eigenvalue weighted by molar-refractivity contribution is 4.87. The molecular formula is C19H42N4. The normalized spacial score (nSPS) is 26.9. The molecule has 23 heavy (non-hydrogen) atoms. The largest absolute Gasteiger partial charge is 0.312 e. The van der Waals surface area contributed by atoms with Crippen LogP contribution in [0.1, 0.15) is 61.3 Å². The van der Waals surface area contributed by atoms with E-state index in [1.54, 1.807) is 0 Å². The second-order valence-electron chi connectivity index (χ2n) is 8.85. The van der Waals surface area contributed by atoms with Gasteiger partial charge in [0.05, 0.1) is 0 Å². The van der Waals surface area contributed by atoms with E-state index < -0.39 is 0 Å². The lowest BCUT2D eigenvalue weighted by atomic mass is 9.93. The van der Waals surface area contributed by atoms with Crippen LogP contribution in [0.3, 0.4) is 0 Å². The first-order valence-electron chi connectivity index (χ1n) is 9.50. The minimum absolute atomic E-state index is 0.204. The standard InChI is InChI=1S/C19H42N4/c1-9-20-18(4,5)15-17(3)23-11-10-21-19(6,7)14-16(2)22(8)12-13-23/h16-17,20-21H,9-15H2,1-8H3. The van der Waals surface area contributed by atoms with E-state index in [9.17, 15) is 0 Å². The molecule has 0 amide bonds. The Morgan fingerprint density at radius 3 is 2.52 bits per heavy atom. The molecule has 2 unspecified atom stereocenters. The lowest BCUT2D eigenvalue weighted by molar-refractivity contribution is 0.114. The van der Waals surface area contributed by atoms with Gasteiger partial charge in [0.1, 0.15) is 0 Å². The Morgan fingerprint density at radius 2 is 1.91 bits per heavy atom. The third-order valence-electron chi connectivity index (χ3n) is 5.39. The fraction of sp³-hybridized carbons (Fsp3) is 1.00. The van der Waals surface area contributed by atoms with Crippen LogP contribution in [0.25, 0.3) is 0 Å². The van der Waals surface area contributed by atoms with Gasteiger partial charge in [-0.15, -0.1) is 0 Å². The Morgan fingerprint density at radius 1 is 1.26 bits per heavy atom. The smallest absolute Gasteiger partial charge is 0.0140 e. The maximum atomic E-state index is 3.77. The molecular weight excluding hydrogens is 284 g/mol. The monoisotopic (exact) mass is 326 g/mol. The van der Waals surface area contributed by atoms with Gasteiger partial charge in [0.2, 0.25) is 0 Å². The molecule has 4 nitrogen and oxygen atoms in total. The molecule has 1 aliphatic rings. The highest BCUT2D eigenvalue weighted by Crippen LogP contribution is 2.19. The van der Waals surface area contributed by atoms with Crippen LogP contribution in [0, 0.1) is 0 Å². The molecule has 0 saturated carbocycles. The van der Waals surface area contributed by atoms with Gasteiger partial charge in [-0.1, -0.05) is 6.92 Å². The topological polar surface area (TPSA) is 30.5 Å². The highest BCUT2D eigenvalue weighted by atomic mass is 15.2. The Labute approximate surface area is 145 Å². The Balaban J connectivity index is 2.70. The summed E-state index contributed by atoms with van der Waals surface area (Å²) in [6, 6.07) is 1.21. The minimum atomic E-state index is 0.204. The van der Waals surface area contributed by atoms with Crippen molar-refractivity contribution in [3.63, 3.8) is 0 Å². The van der Waals surface area contributed by atoms with Crippen LogP contribution in [0.2, 0.25) is 0 Å². The number of likely N-dealkylation sites (N-methyl/N-ethyl adjacent to an activating group) is 1. The van der Waals surface area contributed by atoms with Crippen molar-refractivity contribution in [2.24, 2.45) is 0 Å². The zero-order valence-electron chi connectivity index (χ0n) is 17.0. The van der Waals surface area contributed by atoms with Gasteiger partial charge in [0.15, 0.2) is 0 Å². The van der Waals surface area contributed by atoms with Gasteiger partial charge in [-0.3, -0.25) is 4.90 Å². The molecule has 0 aromatic heterocycles. The lowest BCUT2D eigenvalue weighted by Crippen LogP contribution is -2.53. The molecule has 2 N–H and O–H groups in total. The van der Waals surface area contributed by atoms with Gasteiger partial charge >= 0.3 is 0 Å². The molecule has 0 aliphatic carbocycles. The summed E-state index contributed by atoms with van der Waals surface area (Å²) in [5, 5.41) is 7.39. The molecule has 4 heteroatoms. The Bertz CT molecular complexity index is 340. The van der Waals surface area contributed by atoms with Crippen LogP contribution in [-0.4, -0.2) is 72.7 Å². The second kappa shape index (κ2) is 8.80. The third-order valence-corrected chi connectivity index (χ3v) is 5.39. The van der Waals surface area contributed by atoms with Crippen molar-refractivity contribution in [3.05, 3.63) is 0 Å². The van der Waals surface area contributed by atoms with Crippen LogP contribution in [0.15, 0.2) is 0 Å². The summed E-state index contributed by atoms with van der Waals surface area (Å²) in [7, 11) is 2.27. The predicted octanol–water partition coefficient (Wildman–Crippen LogP) is 2.55. The van der Waals surface area contributed by atoms with Crippen molar-refractivity contribution in [2.75, 3.05) is 39.8 Å². The van der Waals surface area contributed by atoms with Gasteiger partial charge in [0.25, 0.3) is 0 Å².